The number of aliphatic hydroxyl groups is 1. The Balaban J connectivity index is 0. The Morgan fingerprint density at radius 3 is 2.10 bits per heavy atom. The first-order valence-corrected chi connectivity index (χ1v) is 8.87. The molecule has 0 fully saturated rings. The molecule has 0 aromatic carbocycles. The van der Waals surface area contributed by atoms with E-state index in [9.17, 15) is 0 Å². The second kappa shape index (κ2) is 16.5. The summed E-state index contributed by atoms with van der Waals surface area (Å²) in [5.41, 5.74) is 0. The van der Waals surface area contributed by atoms with Gasteiger partial charge in [-0.25, -0.2) is 12.2 Å². The average Bonchev–Trinajstić information content (AvgIpc) is 2.48. The number of hydrogen-bond acceptors (Lipinski definition) is 1. The SMILES string of the molecule is CO.[C-]1=CC=CC1.[Cl][Zr][Cl]. The Hall–Kier alpha value is 0.903. The van der Waals surface area contributed by atoms with Crippen LogP contribution in [0.4, 0.5) is 0 Å². The molecule has 58 valence electrons. The van der Waals surface area contributed by atoms with Gasteiger partial charge in [0.25, 0.3) is 0 Å². The van der Waals surface area contributed by atoms with E-state index < -0.39 is 20.8 Å². The summed E-state index contributed by atoms with van der Waals surface area (Å²) >= 11 is -0.826. The van der Waals surface area contributed by atoms with Crippen molar-refractivity contribution in [3.05, 3.63) is 24.3 Å². The van der Waals surface area contributed by atoms with Gasteiger partial charge < -0.3 is 5.11 Å². The first-order valence-electron chi connectivity index (χ1n) is 2.54. The predicted octanol–water partition coefficient (Wildman–Crippen LogP) is 2.29. The van der Waals surface area contributed by atoms with Gasteiger partial charge in [0.2, 0.25) is 0 Å². The minimum absolute atomic E-state index is 0.826. The molecule has 0 aliphatic heterocycles. The van der Waals surface area contributed by atoms with Crippen LogP contribution >= 0.6 is 17.0 Å². The van der Waals surface area contributed by atoms with Crippen molar-refractivity contribution in [2.75, 3.05) is 7.11 Å². The van der Waals surface area contributed by atoms with Crippen molar-refractivity contribution in [1.29, 1.82) is 0 Å². The van der Waals surface area contributed by atoms with Gasteiger partial charge >= 0.3 is 37.9 Å². The molecular weight excluding hydrogens is 250 g/mol. The van der Waals surface area contributed by atoms with Crippen molar-refractivity contribution in [2.45, 2.75) is 6.42 Å². The van der Waals surface area contributed by atoms with E-state index in [2.05, 4.69) is 12.2 Å². The summed E-state index contributed by atoms with van der Waals surface area (Å²) in [4.78, 5) is 0. The van der Waals surface area contributed by atoms with Gasteiger partial charge in [0, 0.05) is 7.11 Å². The number of aliphatic hydroxyl groups excluding tert-OH is 1. The summed E-state index contributed by atoms with van der Waals surface area (Å²) in [7, 11) is 10.9. The number of hydrogen-bond donors (Lipinski definition) is 1. The molecule has 0 radical (unpaired) electrons. The van der Waals surface area contributed by atoms with Gasteiger partial charge in [0.05, 0.1) is 0 Å². The van der Waals surface area contributed by atoms with Crippen LogP contribution in [0, 0.1) is 6.08 Å². The summed E-state index contributed by atoms with van der Waals surface area (Å²) in [6.45, 7) is 0. The van der Waals surface area contributed by atoms with E-state index in [1.165, 1.54) is 0 Å². The van der Waals surface area contributed by atoms with Crippen LogP contribution in [0.3, 0.4) is 0 Å². The van der Waals surface area contributed by atoms with Crippen molar-refractivity contribution in [2.24, 2.45) is 0 Å². The normalized spacial score (nSPS) is 10.8. The maximum absolute atomic E-state index is 7.00. The molecule has 10 heavy (non-hydrogen) atoms. The Labute approximate surface area is 80.4 Å². The second-order valence-corrected chi connectivity index (χ2v) is 4.81. The average molecular weight is 259 g/mol. The van der Waals surface area contributed by atoms with Gasteiger partial charge in [0.1, 0.15) is 0 Å². The Morgan fingerprint density at radius 1 is 1.50 bits per heavy atom. The first kappa shape index (κ1) is 13.5. The summed E-state index contributed by atoms with van der Waals surface area (Å²) in [6.07, 6.45) is 10.0. The van der Waals surface area contributed by atoms with Crippen LogP contribution in [0.15, 0.2) is 18.2 Å². The van der Waals surface area contributed by atoms with Gasteiger partial charge in [-0.3, -0.25) is 6.08 Å². The number of rotatable bonds is 0. The van der Waals surface area contributed by atoms with Gasteiger partial charge in [-0.15, -0.1) is 6.42 Å². The van der Waals surface area contributed by atoms with Crippen LogP contribution in [0.5, 0.6) is 0 Å². The molecule has 1 rings (SSSR count). The van der Waals surface area contributed by atoms with Crippen molar-refractivity contribution in [3.8, 4) is 0 Å². The van der Waals surface area contributed by atoms with E-state index in [-0.39, 0.29) is 0 Å². The molecule has 0 saturated heterocycles. The van der Waals surface area contributed by atoms with Gasteiger partial charge in [-0.1, -0.05) is 0 Å². The molecule has 0 saturated carbocycles. The van der Waals surface area contributed by atoms with Crippen LogP contribution in [-0.4, -0.2) is 12.2 Å². The van der Waals surface area contributed by atoms with E-state index in [1.54, 1.807) is 0 Å². The molecule has 4 heteroatoms. The zero-order valence-corrected chi connectivity index (χ0v) is 9.61. The standard InChI is InChI=1S/C5H5.CH4O.2ClH.Zr/c1-2-4-5-3-1;1-2;;;/h1-3H,4H2;2H,1H3;2*1H;/q-1;;;;+2/p-2. The molecule has 0 heterocycles. The summed E-state index contributed by atoms with van der Waals surface area (Å²) in [5, 5.41) is 7.00. The third-order valence-electron chi connectivity index (χ3n) is 0.586. The Bertz CT molecular complexity index is 83.7. The van der Waals surface area contributed by atoms with E-state index >= 15 is 0 Å². The topological polar surface area (TPSA) is 20.2 Å². The molecule has 1 N–H and O–H groups in total. The van der Waals surface area contributed by atoms with Crippen LogP contribution < -0.4 is 0 Å². The molecule has 0 amide bonds. The zero-order chi connectivity index (χ0) is 8.24. The van der Waals surface area contributed by atoms with Gasteiger partial charge in [-0.2, -0.15) is 6.08 Å². The molecule has 0 spiro atoms. The van der Waals surface area contributed by atoms with Crippen molar-refractivity contribution >= 4 is 17.0 Å². The molecule has 0 bridgehead atoms. The molecule has 1 nitrogen and oxygen atoms in total. The van der Waals surface area contributed by atoms with Gasteiger partial charge in [-0.05, 0) is 0 Å². The van der Waals surface area contributed by atoms with Crippen LogP contribution in [0.25, 0.3) is 0 Å². The fraction of sp³-hybridized carbons (Fsp3) is 0.333. The molecule has 1 aliphatic carbocycles. The van der Waals surface area contributed by atoms with Crippen LogP contribution in [0.2, 0.25) is 0 Å². The third kappa shape index (κ3) is 16.0. The summed E-state index contributed by atoms with van der Waals surface area (Å²) in [6, 6.07) is 0. The van der Waals surface area contributed by atoms with E-state index in [0.29, 0.717) is 0 Å². The maximum atomic E-state index is 7.00. The molecule has 0 aromatic rings. The molecule has 0 unspecified atom stereocenters. The van der Waals surface area contributed by atoms with Crippen molar-refractivity contribution < 1.29 is 26.0 Å². The predicted molar refractivity (Wildman–Crippen MR) is 41.4 cm³/mol. The molecule has 1 aliphatic rings. The Morgan fingerprint density at radius 2 is 2.00 bits per heavy atom. The Kier molecular flexibility index (Phi) is 22.2. The molecule has 0 atom stereocenters. The first-order chi connectivity index (χ1) is 4.91. The quantitative estimate of drug-likeness (QED) is 0.662. The number of allylic oxidation sites excluding steroid dienone is 4. The van der Waals surface area contributed by atoms with Crippen LogP contribution in [0.1, 0.15) is 6.42 Å². The van der Waals surface area contributed by atoms with E-state index in [4.69, 9.17) is 22.1 Å². The van der Waals surface area contributed by atoms with Crippen molar-refractivity contribution in [3.63, 3.8) is 0 Å². The van der Waals surface area contributed by atoms with Crippen molar-refractivity contribution in [1.82, 2.24) is 0 Å². The fourth-order valence-electron chi connectivity index (χ4n) is 0.340. The monoisotopic (exact) mass is 257 g/mol. The molecular formula is C6H9Cl2OZr-. The summed E-state index contributed by atoms with van der Waals surface area (Å²) < 4.78 is 0. The van der Waals surface area contributed by atoms with E-state index in [1.807, 2.05) is 12.2 Å². The zero-order valence-electron chi connectivity index (χ0n) is 5.64. The summed E-state index contributed by atoms with van der Waals surface area (Å²) in [5.74, 6) is 0. The second-order valence-electron chi connectivity index (χ2n) is 1.07. The number of halogens is 2. The fourth-order valence-corrected chi connectivity index (χ4v) is 0.340. The molecule has 0 aromatic heterocycles. The third-order valence-corrected chi connectivity index (χ3v) is 0.586. The van der Waals surface area contributed by atoms with E-state index in [0.717, 1.165) is 13.5 Å². The van der Waals surface area contributed by atoms with Crippen LogP contribution in [-0.2, 0) is 20.8 Å². The minimum atomic E-state index is -0.826. The van der Waals surface area contributed by atoms with Gasteiger partial charge in [0.15, 0.2) is 0 Å².